The van der Waals surface area contributed by atoms with Gasteiger partial charge in [-0.15, -0.1) is 0 Å². The molecule has 0 radical (unpaired) electrons. The molecule has 0 aliphatic rings. The zero-order valence-corrected chi connectivity index (χ0v) is 15.3. The molecule has 120 valence electrons. The third-order valence-electron chi connectivity index (χ3n) is 4.00. The van der Waals surface area contributed by atoms with Crippen molar-refractivity contribution in [3.05, 3.63) is 64.4 Å². The quantitative estimate of drug-likeness (QED) is 0.642. The van der Waals surface area contributed by atoms with Gasteiger partial charge in [-0.3, -0.25) is 0 Å². The van der Waals surface area contributed by atoms with Gasteiger partial charge in [0, 0.05) is 17.4 Å². The van der Waals surface area contributed by atoms with Crippen LogP contribution in [0.15, 0.2) is 53.0 Å². The summed E-state index contributed by atoms with van der Waals surface area (Å²) < 4.78 is 3.49. The van der Waals surface area contributed by atoms with E-state index in [4.69, 9.17) is 4.98 Å². The van der Waals surface area contributed by atoms with Crippen LogP contribution in [-0.4, -0.2) is 35.1 Å². The molecule has 0 fully saturated rings. The minimum Gasteiger partial charge on any atom is -0.328 e. The van der Waals surface area contributed by atoms with E-state index in [0.29, 0.717) is 0 Å². The molecule has 23 heavy (non-hydrogen) atoms. The highest BCUT2D eigenvalue weighted by molar-refractivity contribution is 9.10. The van der Waals surface area contributed by atoms with E-state index in [1.54, 1.807) is 0 Å². The monoisotopic (exact) mass is 371 g/mol. The molecule has 0 atom stereocenters. The molecule has 0 aliphatic heterocycles. The van der Waals surface area contributed by atoms with Gasteiger partial charge in [-0.1, -0.05) is 40.2 Å². The number of aryl methyl sites for hydroxylation is 1. The molecule has 3 aromatic rings. The summed E-state index contributed by atoms with van der Waals surface area (Å²) in [7, 11) is 4.24. The van der Waals surface area contributed by atoms with Gasteiger partial charge >= 0.3 is 0 Å². The second-order valence-electron chi connectivity index (χ2n) is 6.13. The van der Waals surface area contributed by atoms with Gasteiger partial charge in [0.1, 0.15) is 5.82 Å². The van der Waals surface area contributed by atoms with Crippen molar-refractivity contribution in [2.24, 2.45) is 0 Å². The number of fused-ring (bicyclic) bond motifs is 1. The zero-order valence-electron chi connectivity index (χ0n) is 13.7. The molecule has 0 bridgehead atoms. The fraction of sp³-hybridized carbons (Fsp3) is 0.316. The van der Waals surface area contributed by atoms with Crippen LogP contribution < -0.4 is 0 Å². The van der Waals surface area contributed by atoms with Crippen molar-refractivity contribution in [3.8, 4) is 0 Å². The number of nitrogens with zero attached hydrogens (tertiary/aromatic N) is 3. The van der Waals surface area contributed by atoms with Gasteiger partial charge in [-0.2, -0.15) is 0 Å². The Balaban J connectivity index is 1.89. The summed E-state index contributed by atoms with van der Waals surface area (Å²) in [6, 6.07) is 16.9. The van der Waals surface area contributed by atoms with Crippen molar-refractivity contribution in [1.29, 1.82) is 0 Å². The smallest absolute Gasteiger partial charge is 0.114 e. The normalized spacial score (nSPS) is 11.5. The lowest BCUT2D eigenvalue weighted by Gasteiger charge is -2.12. The molecule has 4 heteroatoms. The molecule has 1 aromatic heterocycles. The summed E-state index contributed by atoms with van der Waals surface area (Å²) in [5.41, 5.74) is 3.61. The van der Waals surface area contributed by atoms with Crippen LogP contribution in [0.3, 0.4) is 0 Å². The van der Waals surface area contributed by atoms with Crippen LogP contribution in [-0.2, 0) is 13.0 Å². The lowest BCUT2D eigenvalue weighted by atomic mass is 10.1. The lowest BCUT2D eigenvalue weighted by Crippen LogP contribution is -2.16. The van der Waals surface area contributed by atoms with Gasteiger partial charge < -0.3 is 9.47 Å². The SMILES string of the molecule is CN(C)CCCn1c(Cc2ccc(Br)cc2)nc2ccccc21. The van der Waals surface area contributed by atoms with E-state index < -0.39 is 0 Å². The second kappa shape index (κ2) is 7.28. The summed E-state index contributed by atoms with van der Waals surface area (Å²) >= 11 is 3.50. The number of hydrogen-bond donors (Lipinski definition) is 0. The molecule has 0 aliphatic carbocycles. The minimum absolute atomic E-state index is 0.865. The highest BCUT2D eigenvalue weighted by atomic mass is 79.9. The van der Waals surface area contributed by atoms with Gasteiger partial charge in [0.05, 0.1) is 11.0 Å². The molecule has 3 nitrogen and oxygen atoms in total. The first-order valence-electron chi connectivity index (χ1n) is 7.97. The van der Waals surface area contributed by atoms with E-state index in [0.717, 1.165) is 41.7 Å². The van der Waals surface area contributed by atoms with Crippen molar-refractivity contribution in [2.75, 3.05) is 20.6 Å². The average Bonchev–Trinajstić information content (AvgIpc) is 2.87. The molecule has 3 rings (SSSR count). The Morgan fingerprint density at radius 2 is 1.78 bits per heavy atom. The predicted octanol–water partition coefficient (Wildman–Crippen LogP) is 4.34. The Morgan fingerprint density at radius 1 is 1.04 bits per heavy atom. The summed E-state index contributed by atoms with van der Waals surface area (Å²) in [6.45, 7) is 2.09. The molecule has 0 unspecified atom stereocenters. The van der Waals surface area contributed by atoms with Crippen LogP contribution in [0.2, 0.25) is 0 Å². The molecular formula is C19H22BrN3. The van der Waals surface area contributed by atoms with Gasteiger partial charge in [0.2, 0.25) is 0 Å². The number of benzene rings is 2. The number of halogens is 1. The Kier molecular flexibility index (Phi) is 5.13. The van der Waals surface area contributed by atoms with Crippen molar-refractivity contribution < 1.29 is 0 Å². The maximum Gasteiger partial charge on any atom is 0.114 e. The minimum atomic E-state index is 0.865. The van der Waals surface area contributed by atoms with Crippen LogP contribution in [0.5, 0.6) is 0 Å². The summed E-state index contributed by atoms with van der Waals surface area (Å²) in [6.07, 6.45) is 1.99. The Labute approximate surface area is 146 Å². The number of aromatic nitrogens is 2. The molecule has 0 amide bonds. The second-order valence-corrected chi connectivity index (χ2v) is 7.04. The number of imidazole rings is 1. The molecule has 0 saturated heterocycles. The first-order chi connectivity index (χ1) is 11.1. The molecule has 0 N–H and O–H groups in total. The van der Waals surface area contributed by atoms with Crippen LogP contribution in [0.4, 0.5) is 0 Å². The van der Waals surface area contributed by atoms with E-state index in [-0.39, 0.29) is 0 Å². The van der Waals surface area contributed by atoms with Crippen molar-refractivity contribution in [3.63, 3.8) is 0 Å². The highest BCUT2D eigenvalue weighted by Crippen LogP contribution is 2.20. The van der Waals surface area contributed by atoms with E-state index in [9.17, 15) is 0 Å². The van der Waals surface area contributed by atoms with Crippen LogP contribution in [0, 0.1) is 0 Å². The number of para-hydroxylation sites is 2. The number of rotatable bonds is 6. The van der Waals surface area contributed by atoms with Crippen LogP contribution in [0.25, 0.3) is 11.0 Å². The largest absolute Gasteiger partial charge is 0.328 e. The third kappa shape index (κ3) is 4.01. The van der Waals surface area contributed by atoms with Gasteiger partial charge in [-0.25, -0.2) is 4.98 Å². The summed E-state index contributed by atoms with van der Waals surface area (Å²) in [4.78, 5) is 7.10. The molecule has 0 spiro atoms. The lowest BCUT2D eigenvalue weighted by molar-refractivity contribution is 0.386. The Bertz CT molecular complexity index is 775. The fourth-order valence-electron chi connectivity index (χ4n) is 2.84. The first kappa shape index (κ1) is 16.2. The maximum absolute atomic E-state index is 4.87. The fourth-order valence-corrected chi connectivity index (χ4v) is 3.10. The van der Waals surface area contributed by atoms with Gasteiger partial charge in [0.15, 0.2) is 0 Å². The van der Waals surface area contributed by atoms with Crippen molar-refractivity contribution >= 4 is 27.0 Å². The topological polar surface area (TPSA) is 21.1 Å². The number of hydrogen-bond acceptors (Lipinski definition) is 2. The zero-order chi connectivity index (χ0) is 16.2. The standard InChI is InChI=1S/C19H22BrN3/c1-22(2)12-5-13-23-18-7-4-3-6-17(18)21-19(23)14-15-8-10-16(20)11-9-15/h3-4,6-11H,5,12-14H2,1-2H3. The van der Waals surface area contributed by atoms with Crippen molar-refractivity contribution in [2.45, 2.75) is 19.4 Å². The maximum atomic E-state index is 4.87. The molecule has 0 saturated carbocycles. The summed E-state index contributed by atoms with van der Waals surface area (Å²) in [5.74, 6) is 1.15. The van der Waals surface area contributed by atoms with Gasteiger partial charge in [-0.05, 0) is 56.9 Å². The van der Waals surface area contributed by atoms with Gasteiger partial charge in [0.25, 0.3) is 0 Å². The highest BCUT2D eigenvalue weighted by Gasteiger charge is 2.11. The average molecular weight is 372 g/mol. The summed E-state index contributed by atoms with van der Waals surface area (Å²) in [5, 5.41) is 0. The van der Waals surface area contributed by atoms with E-state index in [2.05, 4.69) is 88.0 Å². The Hall–Kier alpha value is -1.65. The van der Waals surface area contributed by atoms with E-state index in [1.807, 2.05) is 0 Å². The van der Waals surface area contributed by atoms with E-state index >= 15 is 0 Å². The third-order valence-corrected chi connectivity index (χ3v) is 4.52. The predicted molar refractivity (Wildman–Crippen MR) is 99.9 cm³/mol. The molecule has 1 heterocycles. The Morgan fingerprint density at radius 3 is 2.52 bits per heavy atom. The van der Waals surface area contributed by atoms with Crippen molar-refractivity contribution in [1.82, 2.24) is 14.5 Å². The first-order valence-corrected chi connectivity index (χ1v) is 8.76. The molecular weight excluding hydrogens is 350 g/mol. The molecule has 2 aromatic carbocycles. The van der Waals surface area contributed by atoms with Crippen LogP contribution in [0.1, 0.15) is 17.8 Å². The van der Waals surface area contributed by atoms with Crippen LogP contribution >= 0.6 is 15.9 Å². The van der Waals surface area contributed by atoms with E-state index in [1.165, 1.54) is 11.1 Å².